The Labute approximate surface area is 176 Å². The average molecular weight is 435 g/mol. The molecule has 0 radical (unpaired) electrons. The summed E-state index contributed by atoms with van der Waals surface area (Å²) in [5.74, 6) is -0.336. The SMILES string of the molecule is CCOC(=O)c1cccc(NC(=O)COc2ccc(CN(C)S(C)(=O)=O)cc2)c1C. The Morgan fingerprint density at radius 2 is 1.77 bits per heavy atom. The standard InChI is InChI=1S/C21H26N2O6S/c1-5-28-21(25)18-7-6-8-19(15(18)2)22-20(24)14-29-17-11-9-16(10-12-17)13-23(3)30(4,26)27/h6-12H,5,13-14H2,1-4H3,(H,22,24). The van der Waals surface area contributed by atoms with Crippen LogP contribution in [0.25, 0.3) is 0 Å². The van der Waals surface area contributed by atoms with Crippen molar-refractivity contribution in [2.45, 2.75) is 20.4 Å². The molecule has 0 aliphatic carbocycles. The van der Waals surface area contributed by atoms with E-state index in [-0.39, 0.29) is 25.7 Å². The maximum atomic E-state index is 12.2. The molecule has 0 aliphatic heterocycles. The summed E-state index contributed by atoms with van der Waals surface area (Å²) in [4.78, 5) is 24.2. The second-order valence-electron chi connectivity index (χ2n) is 6.70. The lowest BCUT2D eigenvalue weighted by Gasteiger charge is -2.14. The number of nitrogens with zero attached hydrogens (tertiary/aromatic N) is 1. The molecule has 8 nitrogen and oxygen atoms in total. The number of anilines is 1. The van der Waals surface area contributed by atoms with Crippen molar-refractivity contribution in [3.05, 3.63) is 59.2 Å². The molecule has 0 atom stereocenters. The third-order valence-electron chi connectivity index (χ3n) is 4.37. The molecule has 0 fully saturated rings. The Balaban J connectivity index is 1.94. The molecule has 9 heteroatoms. The fourth-order valence-electron chi connectivity index (χ4n) is 2.60. The summed E-state index contributed by atoms with van der Waals surface area (Å²) in [6, 6.07) is 11.8. The zero-order chi connectivity index (χ0) is 22.3. The zero-order valence-electron chi connectivity index (χ0n) is 17.5. The van der Waals surface area contributed by atoms with Gasteiger partial charge in [0.1, 0.15) is 5.75 Å². The van der Waals surface area contributed by atoms with E-state index in [1.54, 1.807) is 56.3 Å². The number of nitrogens with one attached hydrogen (secondary N) is 1. The largest absolute Gasteiger partial charge is 0.484 e. The number of sulfonamides is 1. The van der Waals surface area contributed by atoms with Gasteiger partial charge < -0.3 is 14.8 Å². The van der Waals surface area contributed by atoms with Crippen molar-refractivity contribution in [1.82, 2.24) is 4.31 Å². The molecule has 2 aromatic rings. The van der Waals surface area contributed by atoms with E-state index in [4.69, 9.17) is 9.47 Å². The van der Waals surface area contributed by atoms with E-state index in [1.807, 2.05) is 0 Å². The Kier molecular flexibility index (Phi) is 7.96. The molecule has 30 heavy (non-hydrogen) atoms. The number of esters is 1. The van der Waals surface area contributed by atoms with E-state index in [1.165, 1.54) is 11.4 Å². The van der Waals surface area contributed by atoms with Gasteiger partial charge in [-0.25, -0.2) is 17.5 Å². The Morgan fingerprint density at radius 3 is 2.37 bits per heavy atom. The van der Waals surface area contributed by atoms with Crippen molar-refractivity contribution < 1.29 is 27.5 Å². The Morgan fingerprint density at radius 1 is 1.10 bits per heavy atom. The first-order chi connectivity index (χ1) is 14.1. The molecule has 162 valence electrons. The van der Waals surface area contributed by atoms with Crippen molar-refractivity contribution in [3.63, 3.8) is 0 Å². The van der Waals surface area contributed by atoms with Crippen molar-refractivity contribution in [3.8, 4) is 5.75 Å². The van der Waals surface area contributed by atoms with E-state index in [2.05, 4.69) is 5.32 Å². The number of amides is 1. The van der Waals surface area contributed by atoms with Gasteiger partial charge in [0.25, 0.3) is 5.91 Å². The normalized spacial score (nSPS) is 11.2. The van der Waals surface area contributed by atoms with Gasteiger partial charge in [-0.3, -0.25) is 4.79 Å². The van der Waals surface area contributed by atoms with Gasteiger partial charge in [0.2, 0.25) is 10.0 Å². The summed E-state index contributed by atoms with van der Waals surface area (Å²) in [5.41, 5.74) is 2.31. The fraction of sp³-hybridized carbons (Fsp3) is 0.333. The Bertz CT molecular complexity index is 1000. The lowest BCUT2D eigenvalue weighted by molar-refractivity contribution is -0.118. The summed E-state index contributed by atoms with van der Waals surface area (Å²) in [7, 11) is -1.75. The summed E-state index contributed by atoms with van der Waals surface area (Å²) >= 11 is 0. The highest BCUT2D eigenvalue weighted by Crippen LogP contribution is 2.20. The molecule has 1 N–H and O–H groups in total. The molecule has 0 bridgehead atoms. The topological polar surface area (TPSA) is 102 Å². The highest BCUT2D eigenvalue weighted by molar-refractivity contribution is 7.88. The van der Waals surface area contributed by atoms with E-state index >= 15 is 0 Å². The molecular formula is C21H26N2O6S. The Hall–Kier alpha value is -2.91. The molecular weight excluding hydrogens is 408 g/mol. The average Bonchev–Trinajstić information content (AvgIpc) is 2.68. The van der Waals surface area contributed by atoms with Gasteiger partial charge in [0, 0.05) is 19.3 Å². The van der Waals surface area contributed by atoms with Crippen LogP contribution in [0.3, 0.4) is 0 Å². The lowest BCUT2D eigenvalue weighted by Crippen LogP contribution is -2.24. The first kappa shape index (κ1) is 23.4. The number of ether oxygens (including phenoxy) is 2. The maximum absolute atomic E-state index is 12.2. The van der Waals surface area contributed by atoms with Crippen molar-refractivity contribution in [2.75, 3.05) is 31.8 Å². The van der Waals surface area contributed by atoms with Crippen LogP contribution in [0.2, 0.25) is 0 Å². The first-order valence-corrected chi connectivity index (χ1v) is 11.2. The molecule has 0 aliphatic rings. The quantitative estimate of drug-likeness (QED) is 0.609. The van der Waals surface area contributed by atoms with Crippen molar-refractivity contribution >= 4 is 27.6 Å². The second-order valence-corrected chi connectivity index (χ2v) is 8.79. The van der Waals surface area contributed by atoms with Crippen LogP contribution in [-0.2, 0) is 26.1 Å². The van der Waals surface area contributed by atoms with Crippen molar-refractivity contribution in [2.24, 2.45) is 0 Å². The van der Waals surface area contributed by atoms with E-state index in [0.717, 1.165) is 11.8 Å². The third kappa shape index (κ3) is 6.57. The monoisotopic (exact) mass is 434 g/mol. The zero-order valence-corrected chi connectivity index (χ0v) is 18.3. The fourth-order valence-corrected chi connectivity index (χ4v) is 2.99. The summed E-state index contributed by atoms with van der Waals surface area (Å²) in [6.07, 6.45) is 1.15. The molecule has 0 saturated heterocycles. The molecule has 0 unspecified atom stereocenters. The number of hydrogen-bond acceptors (Lipinski definition) is 6. The number of carbonyl (C=O) groups excluding carboxylic acids is 2. The maximum Gasteiger partial charge on any atom is 0.338 e. The predicted octanol–water partition coefficient (Wildman–Crippen LogP) is 2.58. The molecule has 0 saturated carbocycles. The van der Waals surface area contributed by atoms with Crippen LogP contribution >= 0.6 is 0 Å². The minimum Gasteiger partial charge on any atom is -0.484 e. The van der Waals surface area contributed by atoms with Crippen LogP contribution in [-0.4, -0.2) is 51.1 Å². The van der Waals surface area contributed by atoms with E-state index in [9.17, 15) is 18.0 Å². The smallest absolute Gasteiger partial charge is 0.338 e. The minimum absolute atomic E-state index is 0.217. The van der Waals surface area contributed by atoms with Gasteiger partial charge >= 0.3 is 5.97 Å². The highest BCUT2D eigenvalue weighted by Gasteiger charge is 2.14. The number of benzene rings is 2. The van der Waals surface area contributed by atoms with E-state index < -0.39 is 16.0 Å². The summed E-state index contributed by atoms with van der Waals surface area (Å²) in [5, 5.41) is 2.73. The highest BCUT2D eigenvalue weighted by atomic mass is 32.2. The molecule has 0 aromatic heterocycles. The minimum atomic E-state index is -3.26. The molecule has 0 heterocycles. The molecule has 2 aromatic carbocycles. The van der Waals surface area contributed by atoms with Crippen LogP contribution in [0.4, 0.5) is 5.69 Å². The molecule has 2 rings (SSSR count). The van der Waals surface area contributed by atoms with Crippen LogP contribution in [0.5, 0.6) is 5.75 Å². The number of rotatable bonds is 9. The van der Waals surface area contributed by atoms with Crippen LogP contribution in [0, 0.1) is 6.92 Å². The summed E-state index contributed by atoms with van der Waals surface area (Å²) < 4.78 is 34.7. The van der Waals surface area contributed by atoms with Crippen molar-refractivity contribution in [1.29, 1.82) is 0 Å². The van der Waals surface area contributed by atoms with Gasteiger partial charge in [0.15, 0.2) is 6.61 Å². The van der Waals surface area contributed by atoms with Gasteiger partial charge in [-0.15, -0.1) is 0 Å². The van der Waals surface area contributed by atoms with Gasteiger partial charge in [-0.05, 0) is 49.2 Å². The van der Waals surface area contributed by atoms with Gasteiger partial charge in [-0.1, -0.05) is 18.2 Å². The third-order valence-corrected chi connectivity index (χ3v) is 5.63. The van der Waals surface area contributed by atoms with Gasteiger partial charge in [0.05, 0.1) is 18.4 Å². The van der Waals surface area contributed by atoms with Crippen LogP contribution in [0.15, 0.2) is 42.5 Å². The molecule has 0 spiro atoms. The van der Waals surface area contributed by atoms with Crippen LogP contribution in [0.1, 0.15) is 28.4 Å². The first-order valence-electron chi connectivity index (χ1n) is 9.31. The predicted molar refractivity (Wildman–Crippen MR) is 114 cm³/mol. The number of hydrogen-bond donors (Lipinski definition) is 1. The van der Waals surface area contributed by atoms with Gasteiger partial charge in [-0.2, -0.15) is 0 Å². The lowest BCUT2D eigenvalue weighted by atomic mass is 10.1. The van der Waals surface area contributed by atoms with E-state index in [0.29, 0.717) is 22.6 Å². The van der Waals surface area contributed by atoms with Crippen LogP contribution < -0.4 is 10.1 Å². The number of carbonyl (C=O) groups is 2. The second kappa shape index (κ2) is 10.2. The molecule has 1 amide bonds. The summed E-state index contributed by atoms with van der Waals surface area (Å²) in [6.45, 7) is 3.76.